The maximum Gasteiger partial charge on any atom is 0.446 e. The first-order chi connectivity index (χ1) is 8.92. The molecule has 0 amide bonds. The first-order valence-corrected chi connectivity index (χ1v) is 7.36. The Morgan fingerprint density at radius 1 is 1.16 bits per heavy atom. The maximum absolute atomic E-state index is 12.2. The van der Waals surface area contributed by atoms with Gasteiger partial charge in [0.05, 0.1) is 0 Å². The highest BCUT2D eigenvalue weighted by Crippen LogP contribution is 2.37. The van der Waals surface area contributed by atoms with Gasteiger partial charge in [0.1, 0.15) is 0 Å². The number of hydrogen-bond donors (Lipinski definition) is 1. The zero-order chi connectivity index (χ0) is 13.9. The average Bonchev–Trinajstić information content (AvgIpc) is 2.30. The highest BCUT2D eigenvalue weighted by Gasteiger charge is 2.29. The summed E-state index contributed by atoms with van der Waals surface area (Å²) in [6.45, 7) is 2.25. The summed E-state index contributed by atoms with van der Waals surface area (Å²) in [6, 6.07) is 6.95. The number of anilines is 1. The van der Waals surface area contributed by atoms with E-state index in [0.29, 0.717) is 6.04 Å². The van der Waals surface area contributed by atoms with Crippen molar-refractivity contribution in [3.63, 3.8) is 0 Å². The Kier molecular flexibility index (Phi) is 4.66. The summed E-state index contributed by atoms with van der Waals surface area (Å²) in [4.78, 5) is 0.232. The first-order valence-electron chi connectivity index (χ1n) is 6.55. The maximum atomic E-state index is 12.2. The first kappa shape index (κ1) is 14.6. The highest BCUT2D eigenvalue weighted by molar-refractivity contribution is 8.00. The molecule has 5 heteroatoms. The molecule has 2 rings (SSSR count). The SMILES string of the molecule is CC1CCCC(Nc2ccc(SC(F)(F)F)cc2)C1. The minimum Gasteiger partial charge on any atom is -0.382 e. The molecular formula is C14H18F3NS. The van der Waals surface area contributed by atoms with Crippen LogP contribution in [0.5, 0.6) is 0 Å². The molecule has 0 bridgehead atoms. The third-order valence-corrected chi connectivity index (χ3v) is 4.13. The van der Waals surface area contributed by atoms with Crippen LogP contribution in [-0.4, -0.2) is 11.6 Å². The van der Waals surface area contributed by atoms with Crippen LogP contribution in [0.25, 0.3) is 0 Å². The largest absolute Gasteiger partial charge is 0.446 e. The van der Waals surface area contributed by atoms with Crippen LogP contribution in [0.1, 0.15) is 32.6 Å². The van der Waals surface area contributed by atoms with Gasteiger partial charge in [-0.1, -0.05) is 19.8 Å². The Morgan fingerprint density at radius 2 is 1.84 bits per heavy atom. The Morgan fingerprint density at radius 3 is 2.42 bits per heavy atom. The monoisotopic (exact) mass is 289 g/mol. The second-order valence-electron chi connectivity index (χ2n) is 5.19. The van der Waals surface area contributed by atoms with Crippen molar-refractivity contribution < 1.29 is 13.2 Å². The molecule has 1 aliphatic rings. The van der Waals surface area contributed by atoms with E-state index in [9.17, 15) is 13.2 Å². The Labute approximate surface area is 116 Å². The normalized spacial score (nSPS) is 24.2. The molecule has 0 aliphatic heterocycles. The van der Waals surface area contributed by atoms with Crippen molar-refractivity contribution in [3.8, 4) is 0 Å². The minimum atomic E-state index is -4.21. The molecule has 1 aromatic rings. The molecule has 2 atom stereocenters. The molecule has 0 aromatic heterocycles. The van der Waals surface area contributed by atoms with Crippen LogP contribution in [0.15, 0.2) is 29.2 Å². The molecule has 1 aliphatic carbocycles. The van der Waals surface area contributed by atoms with E-state index in [2.05, 4.69) is 12.2 Å². The highest BCUT2D eigenvalue weighted by atomic mass is 32.2. The van der Waals surface area contributed by atoms with Crippen LogP contribution < -0.4 is 5.32 Å². The molecule has 1 aromatic carbocycles. The lowest BCUT2D eigenvalue weighted by Gasteiger charge is -2.28. The van der Waals surface area contributed by atoms with Crippen LogP contribution in [0, 0.1) is 5.92 Å². The number of nitrogens with one attached hydrogen (secondary N) is 1. The fourth-order valence-corrected chi connectivity index (χ4v) is 3.09. The van der Waals surface area contributed by atoms with Gasteiger partial charge in [0, 0.05) is 16.6 Å². The summed E-state index contributed by atoms with van der Waals surface area (Å²) in [5.74, 6) is 0.728. The van der Waals surface area contributed by atoms with Gasteiger partial charge in [-0.15, -0.1) is 0 Å². The van der Waals surface area contributed by atoms with Gasteiger partial charge in [-0.25, -0.2) is 0 Å². The molecule has 106 valence electrons. The van der Waals surface area contributed by atoms with Gasteiger partial charge in [0.2, 0.25) is 0 Å². The lowest BCUT2D eigenvalue weighted by Crippen LogP contribution is -2.26. The molecule has 0 saturated heterocycles. The molecular weight excluding hydrogens is 271 g/mol. The van der Waals surface area contributed by atoms with E-state index < -0.39 is 5.51 Å². The topological polar surface area (TPSA) is 12.0 Å². The van der Waals surface area contributed by atoms with E-state index in [1.165, 1.54) is 25.0 Å². The summed E-state index contributed by atoms with van der Waals surface area (Å²) < 4.78 is 36.6. The van der Waals surface area contributed by atoms with Gasteiger partial charge in [-0.2, -0.15) is 13.2 Å². The summed E-state index contributed by atoms with van der Waals surface area (Å²) in [7, 11) is 0. The Balaban J connectivity index is 1.91. The summed E-state index contributed by atoms with van der Waals surface area (Å²) in [5.41, 5.74) is -3.31. The molecule has 0 spiro atoms. The molecule has 19 heavy (non-hydrogen) atoms. The second-order valence-corrected chi connectivity index (χ2v) is 6.32. The van der Waals surface area contributed by atoms with Gasteiger partial charge in [-0.3, -0.25) is 0 Å². The quantitative estimate of drug-likeness (QED) is 0.759. The summed E-state index contributed by atoms with van der Waals surface area (Å²) in [6.07, 6.45) is 4.78. The zero-order valence-electron chi connectivity index (χ0n) is 10.8. The number of thioether (sulfide) groups is 1. The van der Waals surface area contributed by atoms with E-state index >= 15 is 0 Å². The number of alkyl halides is 3. The fourth-order valence-electron chi connectivity index (χ4n) is 2.55. The minimum absolute atomic E-state index is 0.0719. The van der Waals surface area contributed by atoms with Gasteiger partial charge in [0.15, 0.2) is 0 Å². The van der Waals surface area contributed by atoms with E-state index in [1.807, 2.05) is 0 Å². The van der Waals surface area contributed by atoms with Crippen molar-refractivity contribution in [3.05, 3.63) is 24.3 Å². The van der Waals surface area contributed by atoms with E-state index in [0.717, 1.165) is 24.4 Å². The van der Waals surface area contributed by atoms with Gasteiger partial charge in [0.25, 0.3) is 0 Å². The Hall–Kier alpha value is -0.840. The van der Waals surface area contributed by atoms with Crippen LogP contribution in [0.4, 0.5) is 18.9 Å². The van der Waals surface area contributed by atoms with Crippen LogP contribution in [0.3, 0.4) is 0 Å². The second kappa shape index (κ2) is 6.07. The van der Waals surface area contributed by atoms with Crippen LogP contribution in [-0.2, 0) is 0 Å². The van der Waals surface area contributed by atoms with E-state index in [4.69, 9.17) is 0 Å². The predicted octanol–water partition coefficient (Wildman–Crippen LogP) is 5.29. The Bertz CT molecular complexity index is 402. The van der Waals surface area contributed by atoms with Crippen LogP contribution >= 0.6 is 11.8 Å². The molecule has 1 N–H and O–H groups in total. The van der Waals surface area contributed by atoms with Crippen molar-refractivity contribution in [2.75, 3.05) is 5.32 Å². The molecule has 0 heterocycles. The van der Waals surface area contributed by atoms with Crippen molar-refractivity contribution in [1.29, 1.82) is 0 Å². The molecule has 1 saturated carbocycles. The van der Waals surface area contributed by atoms with E-state index in [-0.39, 0.29) is 16.7 Å². The summed E-state index contributed by atoms with van der Waals surface area (Å²) in [5, 5.41) is 3.41. The predicted molar refractivity (Wildman–Crippen MR) is 73.4 cm³/mol. The fraction of sp³-hybridized carbons (Fsp3) is 0.571. The van der Waals surface area contributed by atoms with Crippen LogP contribution in [0.2, 0.25) is 0 Å². The summed E-state index contributed by atoms with van der Waals surface area (Å²) >= 11 is -0.0719. The average molecular weight is 289 g/mol. The molecule has 2 unspecified atom stereocenters. The number of halogens is 3. The smallest absolute Gasteiger partial charge is 0.382 e. The van der Waals surface area contributed by atoms with Gasteiger partial charge >= 0.3 is 5.51 Å². The third-order valence-electron chi connectivity index (χ3n) is 3.40. The van der Waals surface area contributed by atoms with Gasteiger partial charge < -0.3 is 5.32 Å². The van der Waals surface area contributed by atoms with Crippen molar-refractivity contribution in [2.45, 2.75) is 49.1 Å². The van der Waals surface area contributed by atoms with E-state index in [1.54, 1.807) is 12.1 Å². The van der Waals surface area contributed by atoms with Gasteiger partial charge in [-0.05, 0) is 54.8 Å². The van der Waals surface area contributed by atoms with Crippen molar-refractivity contribution in [2.24, 2.45) is 5.92 Å². The molecule has 0 radical (unpaired) electrons. The zero-order valence-corrected chi connectivity index (χ0v) is 11.7. The molecule has 1 fully saturated rings. The number of hydrogen-bond acceptors (Lipinski definition) is 2. The van der Waals surface area contributed by atoms with Crippen molar-refractivity contribution in [1.82, 2.24) is 0 Å². The third kappa shape index (κ3) is 4.97. The number of benzene rings is 1. The van der Waals surface area contributed by atoms with Crippen molar-refractivity contribution >= 4 is 17.4 Å². The lowest BCUT2D eigenvalue weighted by molar-refractivity contribution is -0.0328. The standard InChI is InChI=1S/C14H18F3NS/c1-10-3-2-4-12(9-10)18-11-5-7-13(8-6-11)19-14(15,16)17/h5-8,10,12,18H,2-4,9H2,1H3. The molecule has 1 nitrogen and oxygen atoms in total. The lowest BCUT2D eigenvalue weighted by atomic mass is 9.87. The number of rotatable bonds is 3.